The Morgan fingerprint density at radius 1 is 1.35 bits per heavy atom. The number of likely N-dealkylation sites (N-methyl/N-ethyl adjacent to an activating group) is 1. The number of furan rings is 1. The number of aromatic nitrogens is 2. The number of nitrogens with one attached hydrogen (secondary N) is 1. The highest BCUT2D eigenvalue weighted by Crippen LogP contribution is 2.25. The Morgan fingerprint density at radius 2 is 2.22 bits per heavy atom. The van der Waals surface area contributed by atoms with Gasteiger partial charge in [-0.2, -0.15) is 9.40 Å². The third kappa shape index (κ3) is 3.49. The maximum absolute atomic E-state index is 12.8. The van der Waals surface area contributed by atoms with E-state index in [-0.39, 0.29) is 11.2 Å². The Labute approximate surface area is 135 Å². The van der Waals surface area contributed by atoms with E-state index in [1.165, 1.54) is 10.4 Å². The average molecular weight is 339 g/mol. The first-order chi connectivity index (χ1) is 11.1. The average Bonchev–Trinajstić information content (AvgIpc) is 3.24. The summed E-state index contributed by atoms with van der Waals surface area (Å²) in [5, 5.41) is 6.54. The quantitative estimate of drug-likeness (QED) is 0.872. The molecule has 23 heavy (non-hydrogen) atoms. The molecule has 1 aliphatic heterocycles. The molecule has 0 bridgehead atoms. The van der Waals surface area contributed by atoms with Gasteiger partial charge >= 0.3 is 0 Å². The summed E-state index contributed by atoms with van der Waals surface area (Å²) in [5.74, 6) is 0.450. The number of aromatic amines is 1. The fourth-order valence-corrected chi connectivity index (χ4v) is 4.09. The van der Waals surface area contributed by atoms with Crippen molar-refractivity contribution in [1.29, 1.82) is 0 Å². The lowest BCUT2D eigenvalue weighted by Gasteiger charge is -2.28. The van der Waals surface area contributed by atoms with Gasteiger partial charge < -0.3 is 9.15 Å². The molecule has 1 fully saturated rings. The van der Waals surface area contributed by atoms with E-state index < -0.39 is 10.0 Å². The van der Waals surface area contributed by atoms with Crippen LogP contribution in [0.2, 0.25) is 0 Å². The Morgan fingerprint density at radius 3 is 2.87 bits per heavy atom. The van der Waals surface area contributed by atoms with E-state index in [4.69, 9.17) is 9.15 Å². The molecule has 2 aromatic rings. The van der Waals surface area contributed by atoms with E-state index in [0.717, 1.165) is 19.3 Å². The maximum Gasteiger partial charge on any atom is 0.276 e. The van der Waals surface area contributed by atoms with Crippen LogP contribution in [0.15, 0.2) is 33.9 Å². The Balaban J connectivity index is 1.78. The third-order valence-corrected chi connectivity index (χ3v) is 5.79. The van der Waals surface area contributed by atoms with Gasteiger partial charge in [0, 0.05) is 25.9 Å². The van der Waals surface area contributed by atoms with E-state index in [1.54, 1.807) is 18.3 Å². The number of hydrogen-bond acceptors (Lipinski definition) is 5. The zero-order chi connectivity index (χ0) is 16.3. The van der Waals surface area contributed by atoms with Crippen molar-refractivity contribution in [2.24, 2.45) is 0 Å². The van der Waals surface area contributed by atoms with E-state index in [2.05, 4.69) is 10.2 Å². The van der Waals surface area contributed by atoms with Crippen molar-refractivity contribution < 1.29 is 17.6 Å². The highest BCUT2D eigenvalue weighted by molar-refractivity contribution is 7.89. The summed E-state index contributed by atoms with van der Waals surface area (Å²) in [6, 6.07) is 4.84. The van der Waals surface area contributed by atoms with Gasteiger partial charge in [0.25, 0.3) is 10.0 Å². The normalized spacial score (nSPS) is 19.3. The van der Waals surface area contributed by atoms with E-state index >= 15 is 0 Å². The number of sulfonamides is 1. The summed E-state index contributed by atoms with van der Waals surface area (Å²) >= 11 is 0. The molecule has 0 aromatic carbocycles. The van der Waals surface area contributed by atoms with Gasteiger partial charge in [0.05, 0.1) is 6.10 Å². The summed E-state index contributed by atoms with van der Waals surface area (Å²) in [6.07, 6.45) is 4.56. The molecule has 2 aromatic heterocycles. The molecule has 1 atom stereocenters. The lowest BCUT2D eigenvalue weighted by molar-refractivity contribution is 0.00656. The summed E-state index contributed by atoms with van der Waals surface area (Å²) in [4.78, 5) is 0. The summed E-state index contributed by atoms with van der Waals surface area (Å²) in [7, 11) is -3.67. The van der Waals surface area contributed by atoms with Crippen molar-refractivity contribution in [1.82, 2.24) is 14.5 Å². The van der Waals surface area contributed by atoms with Crippen molar-refractivity contribution in [3.8, 4) is 11.5 Å². The van der Waals surface area contributed by atoms with Gasteiger partial charge in [-0.05, 0) is 37.5 Å². The summed E-state index contributed by atoms with van der Waals surface area (Å²) in [6.45, 7) is 3.26. The van der Waals surface area contributed by atoms with Crippen molar-refractivity contribution >= 4 is 10.0 Å². The van der Waals surface area contributed by atoms with E-state index in [0.29, 0.717) is 31.2 Å². The first-order valence-electron chi connectivity index (χ1n) is 7.82. The molecular formula is C15H21N3O4S. The number of hydrogen-bond donors (Lipinski definition) is 1. The standard InChI is InChI=1S/C15H21N3O4S/c1-2-18(11-12-5-3-4-10-21-12)23(19,20)15-7-6-14(22-15)13-8-9-16-17-13/h6-9,12H,2-5,10-11H2,1H3,(H,16,17). The van der Waals surface area contributed by atoms with Crippen molar-refractivity contribution in [3.05, 3.63) is 24.4 Å². The lowest BCUT2D eigenvalue weighted by atomic mass is 10.1. The fraction of sp³-hybridized carbons (Fsp3) is 0.533. The monoisotopic (exact) mass is 339 g/mol. The van der Waals surface area contributed by atoms with Gasteiger partial charge in [-0.25, -0.2) is 8.42 Å². The molecule has 7 nitrogen and oxygen atoms in total. The first kappa shape index (κ1) is 16.2. The Bertz CT molecular complexity index is 718. The molecule has 0 saturated carbocycles. The molecule has 1 saturated heterocycles. The smallest absolute Gasteiger partial charge is 0.276 e. The molecule has 0 amide bonds. The third-order valence-electron chi connectivity index (χ3n) is 3.98. The topological polar surface area (TPSA) is 88.4 Å². The van der Waals surface area contributed by atoms with Crippen LogP contribution in [-0.4, -0.2) is 48.7 Å². The molecule has 3 rings (SSSR count). The summed E-state index contributed by atoms with van der Waals surface area (Å²) < 4.78 is 38.1. The Kier molecular flexibility index (Phi) is 4.84. The van der Waals surface area contributed by atoms with Gasteiger partial charge in [0.1, 0.15) is 5.69 Å². The number of rotatable bonds is 6. The molecule has 1 aliphatic rings. The van der Waals surface area contributed by atoms with E-state index in [1.807, 2.05) is 6.92 Å². The van der Waals surface area contributed by atoms with Crippen LogP contribution in [0.3, 0.4) is 0 Å². The van der Waals surface area contributed by atoms with Crippen LogP contribution in [0.25, 0.3) is 11.5 Å². The molecule has 1 N–H and O–H groups in total. The fourth-order valence-electron chi connectivity index (χ4n) is 2.70. The lowest BCUT2D eigenvalue weighted by Crippen LogP contribution is -2.39. The van der Waals surface area contributed by atoms with Crippen molar-refractivity contribution in [3.63, 3.8) is 0 Å². The largest absolute Gasteiger partial charge is 0.442 e. The molecule has 0 spiro atoms. The number of H-pyrrole nitrogens is 1. The maximum atomic E-state index is 12.8. The molecule has 1 unspecified atom stereocenters. The second-order valence-electron chi connectivity index (χ2n) is 5.53. The number of ether oxygens (including phenoxy) is 1. The molecule has 0 radical (unpaired) electrons. The predicted octanol–water partition coefficient (Wildman–Crippen LogP) is 2.25. The first-order valence-corrected chi connectivity index (χ1v) is 9.26. The molecule has 126 valence electrons. The highest BCUT2D eigenvalue weighted by Gasteiger charge is 2.30. The predicted molar refractivity (Wildman–Crippen MR) is 84.3 cm³/mol. The molecule has 3 heterocycles. The number of nitrogens with zero attached hydrogens (tertiary/aromatic N) is 2. The van der Waals surface area contributed by atoms with E-state index in [9.17, 15) is 8.42 Å². The minimum atomic E-state index is -3.67. The highest BCUT2D eigenvalue weighted by atomic mass is 32.2. The minimum absolute atomic E-state index is 0.0412. The van der Waals surface area contributed by atoms with Crippen LogP contribution in [0.4, 0.5) is 0 Å². The van der Waals surface area contributed by atoms with Crippen LogP contribution in [0.1, 0.15) is 26.2 Å². The molecular weight excluding hydrogens is 318 g/mol. The second kappa shape index (κ2) is 6.86. The van der Waals surface area contributed by atoms with Crippen LogP contribution < -0.4 is 0 Å². The van der Waals surface area contributed by atoms with Crippen LogP contribution in [-0.2, 0) is 14.8 Å². The molecule has 0 aliphatic carbocycles. The van der Waals surface area contributed by atoms with Gasteiger partial charge in [0.2, 0.25) is 5.09 Å². The minimum Gasteiger partial charge on any atom is -0.442 e. The van der Waals surface area contributed by atoms with Crippen molar-refractivity contribution in [2.75, 3.05) is 19.7 Å². The second-order valence-corrected chi connectivity index (χ2v) is 7.40. The van der Waals surface area contributed by atoms with Gasteiger partial charge in [-0.3, -0.25) is 5.10 Å². The van der Waals surface area contributed by atoms with Crippen LogP contribution >= 0.6 is 0 Å². The molecule has 8 heteroatoms. The van der Waals surface area contributed by atoms with Gasteiger partial charge in [-0.15, -0.1) is 0 Å². The van der Waals surface area contributed by atoms with Gasteiger partial charge in [0.15, 0.2) is 5.76 Å². The van der Waals surface area contributed by atoms with Crippen LogP contribution in [0.5, 0.6) is 0 Å². The van der Waals surface area contributed by atoms with Crippen molar-refractivity contribution in [2.45, 2.75) is 37.4 Å². The Hall–Kier alpha value is -1.64. The van der Waals surface area contributed by atoms with Gasteiger partial charge in [-0.1, -0.05) is 6.92 Å². The zero-order valence-electron chi connectivity index (χ0n) is 13.1. The van der Waals surface area contributed by atoms with Crippen LogP contribution in [0, 0.1) is 0 Å². The zero-order valence-corrected chi connectivity index (χ0v) is 13.9. The SMILES string of the molecule is CCN(CC1CCCCO1)S(=O)(=O)c1ccc(-c2ccn[nH]2)o1. The summed E-state index contributed by atoms with van der Waals surface area (Å²) in [5.41, 5.74) is 0.644.